The van der Waals surface area contributed by atoms with Crippen molar-refractivity contribution >= 4 is 17.4 Å². The van der Waals surface area contributed by atoms with Gasteiger partial charge in [0, 0.05) is 23.9 Å². The molecule has 1 unspecified atom stereocenters. The van der Waals surface area contributed by atoms with Crippen molar-refractivity contribution < 1.29 is 24.2 Å². The number of pyridine rings is 1. The van der Waals surface area contributed by atoms with Crippen LogP contribution >= 0.6 is 0 Å². The summed E-state index contributed by atoms with van der Waals surface area (Å²) in [7, 11) is 3.18. The maximum absolute atomic E-state index is 13.3. The highest BCUT2D eigenvalue weighted by atomic mass is 16.5. The van der Waals surface area contributed by atoms with Gasteiger partial charge in [-0.3, -0.25) is 14.6 Å². The zero-order valence-corrected chi connectivity index (χ0v) is 21.1. The van der Waals surface area contributed by atoms with Crippen molar-refractivity contribution in [2.24, 2.45) is 0 Å². The molecule has 3 aromatic rings. The van der Waals surface area contributed by atoms with Gasteiger partial charge in [-0.25, -0.2) is 0 Å². The first-order chi connectivity index (χ1) is 17.2. The number of ketones is 1. The predicted octanol–water partition coefficient (Wildman–Crippen LogP) is 5.02. The van der Waals surface area contributed by atoms with Gasteiger partial charge in [0.1, 0.15) is 23.3 Å². The summed E-state index contributed by atoms with van der Waals surface area (Å²) >= 11 is 0. The minimum Gasteiger partial charge on any atom is -0.507 e. The fraction of sp³-hybridized carbons (Fsp3) is 0.276. The van der Waals surface area contributed by atoms with Crippen molar-refractivity contribution in [2.45, 2.75) is 38.8 Å². The number of amides is 1. The fourth-order valence-corrected chi connectivity index (χ4v) is 4.41. The van der Waals surface area contributed by atoms with Gasteiger partial charge in [-0.2, -0.15) is 0 Å². The van der Waals surface area contributed by atoms with E-state index in [1.54, 1.807) is 68.9 Å². The molecule has 0 bridgehead atoms. The quantitative estimate of drug-likeness (QED) is 0.299. The molecule has 1 fully saturated rings. The molecule has 0 saturated carbocycles. The molecule has 7 heteroatoms. The lowest BCUT2D eigenvalue weighted by atomic mass is 9.84. The van der Waals surface area contributed by atoms with Crippen LogP contribution in [0.2, 0.25) is 0 Å². The number of hydrogen-bond acceptors (Lipinski definition) is 6. The number of benzene rings is 2. The highest BCUT2D eigenvalue weighted by molar-refractivity contribution is 6.46. The third kappa shape index (κ3) is 4.69. The van der Waals surface area contributed by atoms with E-state index in [2.05, 4.69) is 4.98 Å². The molecule has 2 aromatic carbocycles. The second-order valence-electron chi connectivity index (χ2n) is 9.69. The topological polar surface area (TPSA) is 89.0 Å². The Kier molecular flexibility index (Phi) is 6.84. The van der Waals surface area contributed by atoms with E-state index in [0.717, 1.165) is 11.1 Å². The van der Waals surface area contributed by atoms with E-state index in [1.807, 2.05) is 32.9 Å². The second kappa shape index (κ2) is 9.85. The molecule has 7 nitrogen and oxygen atoms in total. The van der Waals surface area contributed by atoms with Gasteiger partial charge >= 0.3 is 0 Å². The number of aliphatic hydroxyl groups excluding tert-OH is 1. The van der Waals surface area contributed by atoms with Crippen molar-refractivity contribution in [1.82, 2.24) is 9.88 Å². The number of carbonyl (C=O) groups excluding carboxylic acids is 2. The normalized spacial score (nSPS) is 17.4. The number of Topliss-reactive ketones (excluding diaryl/α,β-unsaturated/α-hetero) is 1. The fourth-order valence-electron chi connectivity index (χ4n) is 4.41. The molecule has 1 aliphatic heterocycles. The predicted molar refractivity (Wildman–Crippen MR) is 137 cm³/mol. The van der Waals surface area contributed by atoms with Crippen molar-refractivity contribution in [3.8, 4) is 11.5 Å². The zero-order valence-electron chi connectivity index (χ0n) is 21.1. The van der Waals surface area contributed by atoms with Crippen molar-refractivity contribution in [2.75, 3.05) is 14.2 Å². The van der Waals surface area contributed by atoms with Crippen LogP contribution in [0.5, 0.6) is 11.5 Å². The van der Waals surface area contributed by atoms with Gasteiger partial charge in [-0.05, 0) is 53.4 Å². The van der Waals surface area contributed by atoms with Crippen molar-refractivity contribution in [1.29, 1.82) is 0 Å². The van der Waals surface area contributed by atoms with E-state index in [9.17, 15) is 14.7 Å². The molecule has 1 aliphatic rings. The van der Waals surface area contributed by atoms with Gasteiger partial charge in [0.25, 0.3) is 11.7 Å². The average Bonchev–Trinajstić information content (AvgIpc) is 3.13. The molecule has 186 valence electrons. The maximum Gasteiger partial charge on any atom is 0.296 e. The number of aromatic nitrogens is 1. The molecule has 1 atom stereocenters. The number of aliphatic hydroxyl groups is 1. The van der Waals surface area contributed by atoms with E-state index in [0.29, 0.717) is 22.8 Å². The van der Waals surface area contributed by atoms with Crippen LogP contribution in [0.4, 0.5) is 0 Å². The Morgan fingerprint density at radius 3 is 2.31 bits per heavy atom. The molecule has 2 heterocycles. The Hall–Kier alpha value is -4.13. The first-order valence-electron chi connectivity index (χ1n) is 11.7. The van der Waals surface area contributed by atoms with Gasteiger partial charge < -0.3 is 19.5 Å². The number of hydrogen-bond donors (Lipinski definition) is 1. The van der Waals surface area contributed by atoms with E-state index in [1.165, 1.54) is 4.90 Å². The number of methoxy groups -OCH3 is 2. The summed E-state index contributed by atoms with van der Waals surface area (Å²) in [6.45, 7) is 6.28. The Morgan fingerprint density at radius 2 is 1.72 bits per heavy atom. The Balaban J connectivity index is 1.85. The summed E-state index contributed by atoms with van der Waals surface area (Å²) in [5, 5.41) is 11.4. The van der Waals surface area contributed by atoms with E-state index in [4.69, 9.17) is 9.47 Å². The number of rotatable bonds is 6. The highest BCUT2D eigenvalue weighted by Gasteiger charge is 2.46. The highest BCUT2D eigenvalue weighted by Crippen LogP contribution is 2.41. The Labute approximate surface area is 211 Å². The lowest BCUT2D eigenvalue weighted by molar-refractivity contribution is -0.140. The molecule has 0 spiro atoms. The number of nitrogens with zero attached hydrogens (tertiary/aromatic N) is 2. The summed E-state index contributed by atoms with van der Waals surface area (Å²) in [5.74, 6) is -0.303. The summed E-state index contributed by atoms with van der Waals surface area (Å²) in [6, 6.07) is 17.0. The number of carbonyl (C=O) groups is 2. The molecular weight excluding hydrogens is 456 g/mol. The molecule has 0 aliphatic carbocycles. The molecule has 4 rings (SSSR count). The summed E-state index contributed by atoms with van der Waals surface area (Å²) in [6.07, 6.45) is 1.61. The van der Waals surface area contributed by atoms with Gasteiger partial charge in [0.2, 0.25) is 0 Å². The van der Waals surface area contributed by atoms with Crippen LogP contribution < -0.4 is 9.47 Å². The van der Waals surface area contributed by atoms with Gasteiger partial charge in [-0.1, -0.05) is 39.0 Å². The summed E-state index contributed by atoms with van der Waals surface area (Å²) in [4.78, 5) is 32.5. The van der Waals surface area contributed by atoms with Crippen LogP contribution in [-0.4, -0.2) is 40.9 Å². The Morgan fingerprint density at radius 1 is 1.00 bits per heavy atom. The minimum atomic E-state index is -0.839. The molecule has 1 aromatic heterocycles. The summed E-state index contributed by atoms with van der Waals surface area (Å²) in [5.41, 5.74) is 2.36. The van der Waals surface area contributed by atoms with E-state index < -0.39 is 17.7 Å². The van der Waals surface area contributed by atoms with Crippen molar-refractivity contribution in [3.05, 3.63) is 94.8 Å². The van der Waals surface area contributed by atoms with Gasteiger partial charge in [-0.15, -0.1) is 0 Å². The first kappa shape index (κ1) is 25.0. The molecule has 1 N–H and O–H groups in total. The third-order valence-electron chi connectivity index (χ3n) is 6.30. The van der Waals surface area contributed by atoms with Crippen LogP contribution in [0.3, 0.4) is 0 Å². The minimum absolute atomic E-state index is 0.0113. The SMILES string of the molecule is COc1ccc(CN2C(=O)C(=O)/C(=C(\O)c3ccc(OC)c(C(C)(C)C)c3)C2c2ccccn2)cc1. The number of ether oxygens (including phenoxy) is 2. The van der Waals surface area contributed by atoms with E-state index in [-0.39, 0.29) is 23.3 Å². The number of likely N-dealkylation sites (tertiary alicyclic amines) is 1. The van der Waals surface area contributed by atoms with Crippen LogP contribution in [0.15, 0.2) is 72.4 Å². The second-order valence-corrected chi connectivity index (χ2v) is 9.69. The first-order valence-corrected chi connectivity index (χ1v) is 11.7. The van der Waals surface area contributed by atoms with Crippen LogP contribution in [0.25, 0.3) is 5.76 Å². The third-order valence-corrected chi connectivity index (χ3v) is 6.30. The van der Waals surface area contributed by atoms with E-state index >= 15 is 0 Å². The van der Waals surface area contributed by atoms with Crippen LogP contribution in [0.1, 0.15) is 49.2 Å². The smallest absolute Gasteiger partial charge is 0.296 e. The zero-order chi connectivity index (χ0) is 26.0. The Bertz CT molecular complexity index is 1310. The maximum atomic E-state index is 13.3. The van der Waals surface area contributed by atoms with Gasteiger partial charge in [0.05, 0.1) is 25.5 Å². The largest absolute Gasteiger partial charge is 0.507 e. The van der Waals surface area contributed by atoms with Crippen molar-refractivity contribution in [3.63, 3.8) is 0 Å². The molecule has 0 radical (unpaired) electrons. The van der Waals surface area contributed by atoms with Gasteiger partial charge in [0.15, 0.2) is 0 Å². The molecule has 1 amide bonds. The average molecular weight is 487 g/mol. The molecule has 36 heavy (non-hydrogen) atoms. The summed E-state index contributed by atoms with van der Waals surface area (Å²) < 4.78 is 10.7. The molecular formula is C29H30N2O5. The molecule has 1 saturated heterocycles. The van der Waals surface area contributed by atoms with Crippen LogP contribution in [0, 0.1) is 0 Å². The standard InChI is InChI=1S/C29H30N2O5/c1-29(2,3)21-16-19(11-14-23(21)36-5)26(32)24-25(22-8-6-7-15-30-22)31(28(34)27(24)33)17-18-9-12-20(35-4)13-10-18/h6-16,25,32H,17H2,1-5H3/b26-24-. The lowest BCUT2D eigenvalue weighted by Gasteiger charge is -2.25. The lowest BCUT2D eigenvalue weighted by Crippen LogP contribution is -2.29. The monoisotopic (exact) mass is 486 g/mol. The van der Waals surface area contributed by atoms with Crippen LogP contribution in [-0.2, 0) is 21.5 Å².